The van der Waals surface area contributed by atoms with Crippen LogP contribution in [0.25, 0.3) is 5.69 Å². The predicted octanol–water partition coefficient (Wildman–Crippen LogP) is 5.45. The third kappa shape index (κ3) is 3.49. The minimum Gasteiger partial charge on any atom is -0.448 e. The van der Waals surface area contributed by atoms with E-state index in [2.05, 4.69) is 10.4 Å². The number of carbonyl (C=O) groups excluding carboxylic acids is 1. The molecule has 0 atom stereocenters. The molecule has 1 saturated carbocycles. The summed E-state index contributed by atoms with van der Waals surface area (Å²) in [5.41, 5.74) is 1.85. The lowest BCUT2D eigenvalue weighted by atomic mass is 9.94. The van der Waals surface area contributed by atoms with Crippen LogP contribution >= 0.6 is 0 Å². The Morgan fingerprint density at radius 3 is 2.53 bits per heavy atom. The smallest absolute Gasteiger partial charge is 0.259 e. The standard InChI is InChI=1S/C24H23F2N3O3/c1-14-22(15(2)29(28-14)19-8-6-16(25)12-18(19)26)23(30)27-17-7-9-20-21(13-17)32-24(31-20)10-4-3-5-11-24/h6-9,12-13H,3-5,10-11H2,1-2H3,(H,27,30). The van der Waals surface area contributed by atoms with Crippen molar-refractivity contribution < 1.29 is 23.0 Å². The number of hydrogen-bond acceptors (Lipinski definition) is 4. The maximum Gasteiger partial charge on any atom is 0.259 e. The molecule has 2 aliphatic rings. The molecule has 166 valence electrons. The van der Waals surface area contributed by atoms with Gasteiger partial charge in [0.25, 0.3) is 11.7 Å². The average molecular weight is 439 g/mol. The van der Waals surface area contributed by atoms with Gasteiger partial charge in [-0.3, -0.25) is 4.79 Å². The summed E-state index contributed by atoms with van der Waals surface area (Å²) in [7, 11) is 0. The zero-order valence-electron chi connectivity index (χ0n) is 17.9. The van der Waals surface area contributed by atoms with Gasteiger partial charge in [-0.15, -0.1) is 0 Å². The van der Waals surface area contributed by atoms with Gasteiger partial charge in [0.05, 0.1) is 17.0 Å². The molecule has 0 unspecified atom stereocenters. The van der Waals surface area contributed by atoms with Gasteiger partial charge in [0.2, 0.25) is 0 Å². The summed E-state index contributed by atoms with van der Waals surface area (Å²) in [6.45, 7) is 3.34. The Bertz CT molecular complexity index is 1220. The summed E-state index contributed by atoms with van der Waals surface area (Å²) in [5.74, 6) is -1.10. The molecule has 32 heavy (non-hydrogen) atoms. The van der Waals surface area contributed by atoms with E-state index >= 15 is 0 Å². The molecule has 1 aromatic heterocycles. The van der Waals surface area contributed by atoms with Crippen molar-refractivity contribution in [1.29, 1.82) is 0 Å². The van der Waals surface area contributed by atoms with Gasteiger partial charge in [-0.25, -0.2) is 13.5 Å². The van der Waals surface area contributed by atoms with E-state index in [1.165, 1.54) is 17.2 Å². The SMILES string of the molecule is Cc1nn(-c2ccc(F)cc2F)c(C)c1C(=O)Nc1ccc2c(c1)OC1(CCCCC1)O2. The van der Waals surface area contributed by atoms with E-state index < -0.39 is 17.4 Å². The molecule has 1 amide bonds. The number of nitrogens with one attached hydrogen (secondary N) is 1. The van der Waals surface area contributed by atoms with Crippen LogP contribution < -0.4 is 14.8 Å². The quantitative estimate of drug-likeness (QED) is 0.589. The molecule has 1 aliphatic heterocycles. The van der Waals surface area contributed by atoms with Gasteiger partial charge < -0.3 is 14.8 Å². The number of aryl methyl sites for hydroxylation is 1. The highest BCUT2D eigenvalue weighted by molar-refractivity contribution is 6.06. The number of rotatable bonds is 3. The highest BCUT2D eigenvalue weighted by atomic mass is 19.1. The lowest BCUT2D eigenvalue weighted by Gasteiger charge is -2.31. The summed E-state index contributed by atoms with van der Waals surface area (Å²) in [6.07, 6.45) is 5.01. The van der Waals surface area contributed by atoms with E-state index in [4.69, 9.17) is 9.47 Å². The lowest BCUT2D eigenvalue weighted by molar-refractivity contribution is -0.105. The Kier molecular flexibility index (Phi) is 4.87. The topological polar surface area (TPSA) is 65.4 Å². The molecule has 6 nitrogen and oxygen atoms in total. The van der Waals surface area contributed by atoms with Crippen molar-refractivity contribution in [2.75, 3.05) is 5.32 Å². The first kappa shape index (κ1) is 20.5. The van der Waals surface area contributed by atoms with Crippen molar-refractivity contribution in [3.63, 3.8) is 0 Å². The van der Waals surface area contributed by atoms with Crippen LogP contribution in [0.15, 0.2) is 36.4 Å². The predicted molar refractivity (Wildman–Crippen MR) is 114 cm³/mol. The molecule has 1 fully saturated rings. The number of anilines is 1. The first-order valence-electron chi connectivity index (χ1n) is 10.7. The molecule has 2 heterocycles. The van der Waals surface area contributed by atoms with E-state index in [1.54, 1.807) is 32.0 Å². The monoisotopic (exact) mass is 439 g/mol. The molecule has 8 heteroatoms. The Morgan fingerprint density at radius 1 is 1.03 bits per heavy atom. The largest absolute Gasteiger partial charge is 0.448 e. The van der Waals surface area contributed by atoms with Crippen LogP contribution in [-0.2, 0) is 0 Å². The van der Waals surface area contributed by atoms with Gasteiger partial charge in [-0.1, -0.05) is 6.42 Å². The molecule has 0 saturated heterocycles. The first-order valence-corrected chi connectivity index (χ1v) is 10.7. The van der Waals surface area contributed by atoms with Crippen LogP contribution in [-0.4, -0.2) is 21.5 Å². The van der Waals surface area contributed by atoms with Crippen molar-refractivity contribution in [3.05, 3.63) is 65.0 Å². The third-order valence-electron chi connectivity index (χ3n) is 6.07. The normalized spacial score (nSPS) is 16.4. The molecule has 0 radical (unpaired) electrons. The summed E-state index contributed by atoms with van der Waals surface area (Å²) >= 11 is 0. The second-order valence-corrected chi connectivity index (χ2v) is 8.34. The fraction of sp³-hybridized carbons (Fsp3) is 0.333. The maximum absolute atomic E-state index is 14.3. The minimum absolute atomic E-state index is 0.0758. The summed E-state index contributed by atoms with van der Waals surface area (Å²) in [4.78, 5) is 13.0. The second-order valence-electron chi connectivity index (χ2n) is 8.34. The lowest BCUT2D eigenvalue weighted by Crippen LogP contribution is -2.40. The van der Waals surface area contributed by atoms with Crippen LogP contribution in [0.4, 0.5) is 14.5 Å². The van der Waals surface area contributed by atoms with Crippen LogP contribution in [0.1, 0.15) is 53.8 Å². The molecular weight excluding hydrogens is 416 g/mol. The van der Waals surface area contributed by atoms with Crippen molar-refractivity contribution >= 4 is 11.6 Å². The zero-order chi connectivity index (χ0) is 22.5. The van der Waals surface area contributed by atoms with Crippen molar-refractivity contribution in [1.82, 2.24) is 9.78 Å². The van der Waals surface area contributed by atoms with E-state index in [-0.39, 0.29) is 11.6 Å². The Hall–Kier alpha value is -3.42. The van der Waals surface area contributed by atoms with Gasteiger partial charge in [0, 0.05) is 30.7 Å². The van der Waals surface area contributed by atoms with Crippen LogP contribution in [0.5, 0.6) is 11.5 Å². The number of aromatic nitrogens is 2. The molecule has 2 aromatic carbocycles. The Labute approximate surface area is 184 Å². The van der Waals surface area contributed by atoms with E-state index in [0.29, 0.717) is 34.1 Å². The average Bonchev–Trinajstić information content (AvgIpc) is 3.24. The van der Waals surface area contributed by atoms with E-state index in [9.17, 15) is 13.6 Å². The molecule has 1 N–H and O–H groups in total. The van der Waals surface area contributed by atoms with Crippen molar-refractivity contribution in [2.24, 2.45) is 0 Å². The number of hydrogen-bond donors (Lipinski definition) is 1. The number of nitrogens with zero attached hydrogens (tertiary/aromatic N) is 2. The number of halogens is 2. The Balaban J connectivity index is 1.39. The van der Waals surface area contributed by atoms with E-state index in [1.807, 2.05) is 0 Å². The molecule has 1 aliphatic carbocycles. The van der Waals surface area contributed by atoms with Crippen LogP contribution in [0.2, 0.25) is 0 Å². The van der Waals surface area contributed by atoms with Crippen LogP contribution in [0, 0.1) is 25.5 Å². The highest BCUT2D eigenvalue weighted by Crippen LogP contribution is 2.46. The summed E-state index contributed by atoms with van der Waals surface area (Å²) < 4.78 is 41.1. The van der Waals surface area contributed by atoms with E-state index in [0.717, 1.165) is 37.8 Å². The summed E-state index contributed by atoms with van der Waals surface area (Å²) in [6, 6.07) is 8.55. The van der Waals surface area contributed by atoms with Gasteiger partial charge >= 0.3 is 0 Å². The molecule has 0 bridgehead atoms. The molecular formula is C24H23F2N3O3. The first-order chi connectivity index (χ1) is 15.3. The summed E-state index contributed by atoms with van der Waals surface area (Å²) in [5, 5.41) is 7.17. The van der Waals surface area contributed by atoms with Crippen molar-refractivity contribution in [3.8, 4) is 17.2 Å². The second kappa shape index (κ2) is 7.62. The maximum atomic E-state index is 14.3. The molecule has 1 spiro atoms. The fourth-order valence-corrected chi connectivity index (χ4v) is 4.52. The number of carbonyl (C=O) groups is 1. The molecule has 5 rings (SSSR count). The third-order valence-corrected chi connectivity index (χ3v) is 6.07. The number of ether oxygens (including phenoxy) is 2. The number of benzene rings is 2. The zero-order valence-corrected chi connectivity index (χ0v) is 17.9. The Morgan fingerprint density at radius 2 is 1.78 bits per heavy atom. The van der Waals surface area contributed by atoms with Gasteiger partial charge in [-0.2, -0.15) is 5.10 Å². The van der Waals surface area contributed by atoms with Gasteiger partial charge in [0.15, 0.2) is 17.3 Å². The number of fused-ring (bicyclic) bond motifs is 1. The van der Waals surface area contributed by atoms with Crippen LogP contribution in [0.3, 0.4) is 0 Å². The highest BCUT2D eigenvalue weighted by Gasteiger charge is 2.42. The van der Waals surface area contributed by atoms with Gasteiger partial charge in [0.1, 0.15) is 11.5 Å². The minimum atomic E-state index is -0.755. The van der Waals surface area contributed by atoms with Gasteiger partial charge in [-0.05, 0) is 51.0 Å². The number of amides is 1. The fourth-order valence-electron chi connectivity index (χ4n) is 4.52. The molecule has 3 aromatic rings. The van der Waals surface area contributed by atoms with Crippen molar-refractivity contribution in [2.45, 2.75) is 51.7 Å².